The SMILES string of the molecule is C=CC(C#N)[C@H](CC)OC(C)C. The third-order valence-electron chi connectivity index (χ3n) is 1.65. The highest BCUT2D eigenvalue weighted by Gasteiger charge is 2.17. The maximum Gasteiger partial charge on any atom is 0.0902 e. The van der Waals surface area contributed by atoms with Crippen molar-refractivity contribution in [3.8, 4) is 6.07 Å². The first-order valence-electron chi connectivity index (χ1n) is 4.33. The third-order valence-corrected chi connectivity index (χ3v) is 1.65. The molecule has 0 N–H and O–H groups in total. The Morgan fingerprint density at radius 1 is 1.58 bits per heavy atom. The van der Waals surface area contributed by atoms with Gasteiger partial charge in [0, 0.05) is 0 Å². The van der Waals surface area contributed by atoms with Crippen LogP contribution in [0.5, 0.6) is 0 Å². The fourth-order valence-electron chi connectivity index (χ4n) is 1.07. The molecule has 2 atom stereocenters. The van der Waals surface area contributed by atoms with Gasteiger partial charge in [0.2, 0.25) is 0 Å². The summed E-state index contributed by atoms with van der Waals surface area (Å²) in [6, 6.07) is 2.17. The van der Waals surface area contributed by atoms with Gasteiger partial charge in [-0.3, -0.25) is 0 Å². The first-order valence-corrected chi connectivity index (χ1v) is 4.33. The van der Waals surface area contributed by atoms with Gasteiger partial charge in [0.25, 0.3) is 0 Å². The van der Waals surface area contributed by atoms with Crippen LogP contribution in [0.3, 0.4) is 0 Å². The Balaban J connectivity index is 4.13. The van der Waals surface area contributed by atoms with Crippen molar-refractivity contribution in [1.29, 1.82) is 5.26 Å². The summed E-state index contributed by atoms with van der Waals surface area (Å²) in [5.41, 5.74) is 0. The zero-order valence-electron chi connectivity index (χ0n) is 8.08. The van der Waals surface area contributed by atoms with Crippen LogP contribution in [-0.2, 0) is 4.74 Å². The Labute approximate surface area is 74.8 Å². The van der Waals surface area contributed by atoms with Crippen LogP contribution in [0, 0.1) is 17.2 Å². The van der Waals surface area contributed by atoms with Gasteiger partial charge in [0.05, 0.1) is 24.2 Å². The van der Waals surface area contributed by atoms with E-state index in [2.05, 4.69) is 12.6 Å². The van der Waals surface area contributed by atoms with E-state index in [1.807, 2.05) is 20.8 Å². The van der Waals surface area contributed by atoms with Gasteiger partial charge in [-0.25, -0.2) is 0 Å². The number of hydrogen-bond donors (Lipinski definition) is 0. The Morgan fingerprint density at radius 3 is 2.42 bits per heavy atom. The van der Waals surface area contributed by atoms with Crippen LogP contribution in [0.25, 0.3) is 0 Å². The van der Waals surface area contributed by atoms with Crippen molar-refractivity contribution < 1.29 is 4.74 Å². The van der Waals surface area contributed by atoms with E-state index >= 15 is 0 Å². The third kappa shape index (κ3) is 3.54. The largest absolute Gasteiger partial charge is 0.374 e. The summed E-state index contributed by atoms with van der Waals surface area (Å²) in [5.74, 6) is -0.183. The Kier molecular flexibility index (Phi) is 5.40. The molecule has 0 heterocycles. The molecule has 0 aliphatic carbocycles. The average Bonchev–Trinajstić information content (AvgIpc) is 2.04. The summed E-state index contributed by atoms with van der Waals surface area (Å²) in [5, 5.41) is 8.74. The van der Waals surface area contributed by atoms with Gasteiger partial charge in [0.15, 0.2) is 0 Å². The van der Waals surface area contributed by atoms with E-state index in [9.17, 15) is 0 Å². The zero-order chi connectivity index (χ0) is 9.56. The van der Waals surface area contributed by atoms with Gasteiger partial charge in [-0.15, -0.1) is 6.58 Å². The molecule has 0 aliphatic rings. The molecule has 12 heavy (non-hydrogen) atoms. The molecule has 0 radical (unpaired) electrons. The van der Waals surface area contributed by atoms with Gasteiger partial charge in [-0.05, 0) is 20.3 Å². The van der Waals surface area contributed by atoms with Crippen molar-refractivity contribution in [3.63, 3.8) is 0 Å². The van der Waals surface area contributed by atoms with Gasteiger partial charge in [-0.2, -0.15) is 5.26 Å². The van der Waals surface area contributed by atoms with Crippen LogP contribution < -0.4 is 0 Å². The normalized spacial score (nSPS) is 15.2. The predicted molar refractivity (Wildman–Crippen MR) is 49.6 cm³/mol. The molecule has 0 aromatic heterocycles. The summed E-state index contributed by atoms with van der Waals surface area (Å²) in [7, 11) is 0. The minimum atomic E-state index is -0.183. The molecule has 0 saturated carbocycles. The standard InChI is InChI=1S/C10H17NO/c1-5-9(7-11)10(6-2)12-8(3)4/h5,8-10H,1,6H2,2-4H3/t9?,10-/m0/s1. The predicted octanol–water partition coefficient (Wildman–Crippen LogP) is 2.52. The molecule has 0 rings (SSSR count). The lowest BCUT2D eigenvalue weighted by molar-refractivity contribution is -0.00642. The van der Waals surface area contributed by atoms with E-state index in [4.69, 9.17) is 10.00 Å². The fraction of sp³-hybridized carbons (Fsp3) is 0.700. The van der Waals surface area contributed by atoms with E-state index < -0.39 is 0 Å². The average molecular weight is 167 g/mol. The highest BCUT2D eigenvalue weighted by Crippen LogP contribution is 2.13. The fourth-order valence-corrected chi connectivity index (χ4v) is 1.07. The van der Waals surface area contributed by atoms with Crippen LogP contribution in [-0.4, -0.2) is 12.2 Å². The first kappa shape index (κ1) is 11.2. The molecule has 1 unspecified atom stereocenters. The van der Waals surface area contributed by atoms with Crippen molar-refractivity contribution in [2.75, 3.05) is 0 Å². The number of ether oxygens (including phenoxy) is 1. The molecule has 2 nitrogen and oxygen atoms in total. The Bertz CT molecular complexity index is 169. The van der Waals surface area contributed by atoms with Crippen molar-refractivity contribution in [1.82, 2.24) is 0 Å². The summed E-state index contributed by atoms with van der Waals surface area (Å²) in [6.45, 7) is 9.57. The quantitative estimate of drug-likeness (QED) is 0.589. The zero-order valence-corrected chi connectivity index (χ0v) is 8.08. The molecule has 0 spiro atoms. The maximum atomic E-state index is 8.74. The number of hydrogen-bond acceptors (Lipinski definition) is 2. The number of nitriles is 1. The van der Waals surface area contributed by atoms with Crippen molar-refractivity contribution in [2.24, 2.45) is 5.92 Å². The molecular weight excluding hydrogens is 150 g/mol. The highest BCUT2D eigenvalue weighted by atomic mass is 16.5. The van der Waals surface area contributed by atoms with Crippen LogP contribution in [0.2, 0.25) is 0 Å². The summed E-state index contributed by atoms with van der Waals surface area (Å²) < 4.78 is 5.55. The van der Waals surface area contributed by atoms with Gasteiger partial charge in [-0.1, -0.05) is 13.0 Å². The highest BCUT2D eigenvalue weighted by molar-refractivity contribution is 4.99. The summed E-state index contributed by atoms with van der Waals surface area (Å²) >= 11 is 0. The molecule has 2 heteroatoms. The first-order chi connectivity index (χ1) is 5.65. The molecule has 0 aliphatic heterocycles. The van der Waals surface area contributed by atoms with E-state index in [1.54, 1.807) is 6.08 Å². The molecule has 0 fully saturated rings. The van der Waals surface area contributed by atoms with E-state index in [0.717, 1.165) is 6.42 Å². The monoisotopic (exact) mass is 167 g/mol. The van der Waals surface area contributed by atoms with Gasteiger partial charge in [0.1, 0.15) is 0 Å². The Hall–Kier alpha value is -0.810. The molecule has 0 saturated heterocycles. The van der Waals surface area contributed by atoms with Crippen LogP contribution in [0.4, 0.5) is 0 Å². The molecule has 0 aromatic rings. The van der Waals surface area contributed by atoms with E-state index in [1.165, 1.54) is 0 Å². The molecular formula is C10H17NO. The number of nitrogens with zero attached hydrogens (tertiary/aromatic N) is 1. The molecule has 0 bridgehead atoms. The lowest BCUT2D eigenvalue weighted by Gasteiger charge is -2.20. The van der Waals surface area contributed by atoms with Crippen LogP contribution in [0.1, 0.15) is 27.2 Å². The van der Waals surface area contributed by atoms with E-state index in [0.29, 0.717) is 0 Å². The van der Waals surface area contributed by atoms with E-state index in [-0.39, 0.29) is 18.1 Å². The minimum Gasteiger partial charge on any atom is -0.374 e. The molecule has 0 amide bonds. The van der Waals surface area contributed by atoms with Crippen LogP contribution >= 0.6 is 0 Å². The van der Waals surface area contributed by atoms with Crippen LogP contribution in [0.15, 0.2) is 12.7 Å². The van der Waals surface area contributed by atoms with Crippen molar-refractivity contribution in [2.45, 2.75) is 39.4 Å². The summed E-state index contributed by atoms with van der Waals surface area (Å²) in [6.07, 6.45) is 2.66. The van der Waals surface area contributed by atoms with Crippen molar-refractivity contribution in [3.05, 3.63) is 12.7 Å². The lowest BCUT2D eigenvalue weighted by atomic mass is 10.0. The molecule has 68 valence electrons. The lowest BCUT2D eigenvalue weighted by Crippen LogP contribution is -2.24. The smallest absolute Gasteiger partial charge is 0.0902 e. The van der Waals surface area contributed by atoms with Gasteiger partial charge < -0.3 is 4.74 Å². The minimum absolute atomic E-state index is 0.00694. The van der Waals surface area contributed by atoms with Gasteiger partial charge >= 0.3 is 0 Å². The number of rotatable bonds is 5. The second-order valence-corrected chi connectivity index (χ2v) is 3.02. The second kappa shape index (κ2) is 5.79. The molecule has 0 aromatic carbocycles. The summed E-state index contributed by atoms with van der Waals surface area (Å²) in [4.78, 5) is 0. The second-order valence-electron chi connectivity index (χ2n) is 3.02. The van der Waals surface area contributed by atoms with Crippen molar-refractivity contribution >= 4 is 0 Å². The Morgan fingerprint density at radius 2 is 2.17 bits per heavy atom. The topological polar surface area (TPSA) is 33.0 Å². The maximum absolute atomic E-state index is 8.74.